The summed E-state index contributed by atoms with van der Waals surface area (Å²) in [5, 5.41) is 4.06. The first-order valence-corrected chi connectivity index (χ1v) is 7.54. The van der Waals surface area contributed by atoms with Gasteiger partial charge in [-0.15, -0.1) is 0 Å². The molecule has 0 amide bonds. The largest absolute Gasteiger partial charge is 0.358 e. The number of para-hydroxylation sites is 1. The minimum Gasteiger partial charge on any atom is -0.358 e. The van der Waals surface area contributed by atoms with E-state index in [1.165, 1.54) is 42.5 Å². The fourth-order valence-electron chi connectivity index (χ4n) is 4.22. The highest BCUT2D eigenvalue weighted by Crippen LogP contribution is 2.56. The number of rotatable bonds is 1. The Morgan fingerprint density at radius 2 is 2.00 bits per heavy atom. The highest BCUT2D eigenvalue weighted by atomic mass is 16.5. The van der Waals surface area contributed by atoms with Crippen molar-refractivity contribution in [2.24, 2.45) is 0 Å². The lowest BCUT2D eigenvalue weighted by Crippen LogP contribution is -2.40. The highest BCUT2D eigenvalue weighted by Gasteiger charge is 2.53. The Hall–Kier alpha value is -1.77. The van der Waals surface area contributed by atoms with Crippen molar-refractivity contribution in [3.63, 3.8) is 0 Å². The molecular weight excluding hydrogens is 248 g/mol. The maximum absolute atomic E-state index is 5.68. The fraction of sp³-hybridized carbons (Fsp3) is 0.471. The van der Waals surface area contributed by atoms with E-state index in [4.69, 9.17) is 4.52 Å². The molecule has 2 aliphatic rings. The molecule has 2 aromatic rings. The van der Waals surface area contributed by atoms with Crippen LogP contribution in [0, 0.1) is 6.92 Å². The van der Waals surface area contributed by atoms with Crippen LogP contribution in [-0.4, -0.2) is 5.16 Å². The van der Waals surface area contributed by atoms with Crippen LogP contribution in [0.1, 0.15) is 55.5 Å². The summed E-state index contributed by atoms with van der Waals surface area (Å²) in [6.07, 6.45) is 6.81. The van der Waals surface area contributed by atoms with Crippen LogP contribution in [0.25, 0.3) is 0 Å². The van der Waals surface area contributed by atoms with E-state index in [1.54, 1.807) is 0 Å². The van der Waals surface area contributed by atoms with Crippen molar-refractivity contribution in [3.05, 3.63) is 47.3 Å². The smallest absolute Gasteiger partial charge is 0.167 e. The zero-order valence-corrected chi connectivity index (χ0v) is 12.1. The maximum atomic E-state index is 5.68. The molecule has 4 rings (SSSR count). The maximum Gasteiger partial charge on any atom is 0.167 e. The van der Waals surface area contributed by atoms with Crippen molar-refractivity contribution < 1.29 is 4.52 Å². The summed E-state index contributed by atoms with van der Waals surface area (Å²) in [6.45, 7) is 4.47. The van der Waals surface area contributed by atoms with Crippen molar-refractivity contribution in [1.29, 1.82) is 0 Å². The Balaban J connectivity index is 1.91. The van der Waals surface area contributed by atoms with Gasteiger partial charge in [-0.3, -0.25) is 0 Å². The molecule has 0 N–H and O–H groups in total. The van der Waals surface area contributed by atoms with Gasteiger partial charge in [0.1, 0.15) is 5.54 Å². The van der Waals surface area contributed by atoms with Gasteiger partial charge in [0, 0.05) is 11.3 Å². The van der Waals surface area contributed by atoms with Gasteiger partial charge >= 0.3 is 0 Å². The molecule has 1 aliphatic carbocycles. The molecule has 1 aromatic carbocycles. The van der Waals surface area contributed by atoms with E-state index < -0.39 is 0 Å². The molecule has 1 saturated carbocycles. The molecule has 1 aromatic heterocycles. The summed E-state index contributed by atoms with van der Waals surface area (Å²) >= 11 is 0. The number of hydrogen-bond donors (Lipinski definition) is 0. The van der Waals surface area contributed by atoms with Crippen molar-refractivity contribution in [2.75, 3.05) is 4.90 Å². The third kappa shape index (κ3) is 1.38. The molecule has 104 valence electrons. The molecule has 3 heteroatoms. The molecule has 0 radical (unpaired) electrons. The normalized spacial score (nSPS) is 23.5. The third-order valence-electron chi connectivity index (χ3n) is 5.12. The van der Waals surface area contributed by atoms with Crippen LogP contribution >= 0.6 is 0 Å². The first-order chi connectivity index (χ1) is 9.74. The minimum atomic E-state index is 0.0391. The van der Waals surface area contributed by atoms with Crippen LogP contribution in [0.5, 0.6) is 0 Å². The first-order valence-electron chi connectivity index (χ1n) is 7.54. The predicted octanol–water partition coefficient (Wildman–Crippen LogP) is 4.33. The molecular formula is C17H20N2O. The van der Waals surface area contributed by atoms with E-state index in [-0.39, 0.29) is 5.54 Å². The average Bonchev–Trinajstić information content (AvgIpc) is 3.12. The zero-order valence-electron chi connectivity index (χ0n) is 12.1. The number of fused-ring (bicyclic) bond motifs is 2. The Kier molecular flexibility index (Phi) is 2.47. The van der Waals surface area contributed by atoms with E-state index in [1.807, 2.05) is 6.20 Å². The van der Waals surface area contributed by atoms with Crippen molar-refractivity contribution in [2.45, 2.75) is 51.1 Å². The second-order valence-electron chi connectivity index (χ2n) is 6.18. The molecule has 0 saturated heterocycles. The molecule has 1 aliphatic heterocycles. The Morgan fingerprint density at radius 1 is 1.25 bits per heavy atom. The molecule has 0 bridgehead atoms. The lowest BCUT2D eigenvalue weighted by molar-refractivity contribution is 0.288. The van der Waals surface area contributed by atoms with Crippen LogP contribution in [0.4, 0.5) is 5.69 Å². The van der Waals surface area contributed by atoms with E-state index in [2.05, 4.69) is 48.2 Å². The summed E-state index contributed by atoms with van der Waals surface area (Å²) in [5.74, 6) is 1.12. The SMILES string of the molecule is Cc1ccccc1N1C(C)c2cnoc2C12CCCC2. The number of aromatic nitrogens is 1. The lowest BCUT2D eigenvalue weighted by atomic mass is 9.93. The van der Waals surface area contributed by atoms with Gasteiger partial charge in [-0.1, -0.05) is 36.2 Å². The van der Waals surface area contributed by atoms with Crippen LogP contribution in [0.2, 0.25) is 0 Å². The summed E-state index contributed by atoms with van der Waals surface area (Å²) in [7, 11) is 0. The second-order valence-corrected chi connectivity index (χ2v) is 6.18. The van der Waals surface area contributed by atoms with Crippen LogP contribution in [-0.2, 0) is 5.54 Å². The monoisotopic (exact) mass is 268 g/mol. The average molecular weight is 268 g/mol. The number of hydrogen-bond acceptors (Lipinski definition) is 3. The molecule has 3 nitrogen and oxygen atoms in total. The van der Waals surface area contributed by atoms with E-state index in [0.29, 0.717) is 6.04 Å². The van der Waals surface area contributed by atoms with Gasteiger partial charge < -0.3 is 9.42 Å². The Bertz CT molecular complexity index is 640. The Morgan fingerprint density at radius 3 is 2.75 bits per heavy atom. The van der Waals surface area contributed by atoms with Gasteiger partial charge in [-0.2, -0.15) is 0 Å². The molecule has 20 heavy (non-hydrogen) atoms. The van der Waals surface area contributed by atoms with Crippen molar-refractivity contribution in [3.8, 4) is 0 Å². The molecule has 2 heterocycles. The second kappa shape index (κ2) is 4.11. The van der Waals surface area contributed by atoms with Gasteiger partial charge in [0.2, 0.25) is 0 Å². The molecule has 1 atom stereocenters. The van der Waals surface area contributed by atoms with E-state index >= 15 is 0 Å². The summed E-state index contributed by atoms with van der Waals surface area (Å²) in [4.78, 5) is 2.59. The predicted molar refractivity (Wildman–Crippen MR) is 78.7 cm³/mol. The van der Waals surface area contributed by atoms with Crippen LogP contribution < -0.4 is 4.90 Å². The fourth-order valence-corrected chi connectivity index (χ4v) is 4.22. The number of benzene rings is 1. The minimum absolute atomic E-state index is 0.0391. The summed E-state index contributed by atoms with van der Waals surface area (Å²) < 4.78 is 5.68. The standard InChI is InChI=1S/C17H20N2O/c1-12-7-3-4-8-15(12)19-13(2)14-11-18-20-16(14)17(19)9-5-6-10-17/h3-4,7-8,11,13H,5-6,9-10H2,1-2H3. The summed E-state index contributed by atoms with van der Waals surface area (Å²) in [5.41, 5.74) is 3.99. The molecule has 1 fully saturated rings. The van der Waals surface area contributed by atoms with Gasteiger partial charge in [0.05, 0.1) is 12.2 Å². The Labute approximate surface area is 119 Å². The lowest BCUT2D eigenvalue weighted by Gasteiger charge is -2.39. The topological polar surface area (TPSA) is 29.3 Å². The zero-order chi connectivity index (χ0) is 13.7. The van der Waals surface area contributed by atoms with Crippen molar-refractivity contribution in [1.82, 2.24) is 5.16 Å². The van der Waals surface area contributed by atoms with Gasteiger partial charge in [-0.05, 0) is 38.3 Å². The quantitative estimate of drug-likeness (QED) is 0.770. The highest BCUT2D eigenvalue weighted by molar-refractivity contribution is 5.61. The van der Waals surface area contributed by atoms with Gasteiger partial charge in [0.25, 0.3) is 0 Å². The van der Waals surface area contributed by atoms with E-state index in [9.17, 15) is 0 Å². The van der Waals surface area contributed by atoms with Gasteiger partial charge in [0.15, 0.2) is 5.76 Å². The number of nitrogens with zero attached hydrogens (tertiary/aromatic N) is 2. The third-order valence-corrected chi connectivity index (χ3v) is 5.12. The molecule has 1 unspecified atom stereocenters. The van der Waals surface area contributed by atoms with E-state index in [0.717, 1.165) is 5.76 Å². The van der Waals surface area contributed by atoms with Crippen molar-refractivity contribution >= 4 is 5.69 Å². The van der Waals surface area contributed by atoms with Crippen LogP contribution in [0.15, 0.2) is 35.0 Å². The number of aryl methyl sites for hydroxylation is 1. The molecule has 1 spiro atoms. The first kappa shape index (κ1) is 12.0. The summed E-state index contributed by atoms with van der Waals surface area (Å²) in [6, 6.07) is 9.03. The van der Waals surface area contributed by atoms with Crippen LogP contribution in [0.3, 0.4) is 0 Å². The van der Waals surface area contributed by atoms with Gasteiger partial charge in [-0.25, -0.2) is 0 Å². The number of anilines is 1.